The van der Waals surface area contributed by atoms with E-state index in [0.717, 1.165) is 0 Å². The highest BCUT2D eigenvalue weighted by Gasteiger charge is 2.25. The van der Waals surface area contributed by atoms with Crippen LogP contribution in [-0.2, 0) is 4.79 Å². The Labute approximate surface area is 117 Å². The topological polar surface area (TPSA) is 141 Å². The molecule has 1 aromatic heterocycles. The molecule has 0 aliphatic heterocycles. The van der Waals surface area contributed by atoms with E-state index in [1.165, 1.54) is 0 Å². The number of amides is 1. The van der Waals surface area contributed by atoms with Crippen LogP contribution in [0.4, 0.5) is 11.9 Å². The van der Waals surface area contributed by atoms with Crippen molar-refractivity contribution in [2.75, 3.05) is 17.3 Å². The van der Waals surface area contributed by atoms with Crippen LogP contribution in [0.5, 0.6) is 6.01 Å². The summed E-state index contributed by atoms with van der Waals surface area (Å²) in [6.45, 7) is 7.41. The smallest absolute Gasteiger partial charge is 0.323 e. The van der Waals surface area contributed by atoms with E-state index in [4.69, 9.17) is 16.3 Å². The molecule has 112 valence electrons. The Balaban J connectivity index is 2.86. The number of hydrogen-bond acceptors (Lipinski definition) is 8. The maximum Gasteiger partial charge on any atom is 0.323 e. The van der Waals surface area contributed by atoms with Crippen LogP contribution in [0.3, 0.4) is 0 Å². The predicted molar refractivity (Wildman–Crippen MR) is 74.9 cm³/mol. The maximum atomic E-state index is 11.2. The Morgan fingerprint density at radius 3 is 2.40 bits per heavy atom. The third-order valence-electron chi connectivity index (χ3n) is 2.44. The number of anilines is 2. The summed E-state index contributed by atoms with van der Waals surface area (Å²) in [5.74, 6) is 5.28. The Kier molecular flexibility index (Phi) is 5.03. The molecule has 1 heterocycles. The highest BCUT2D eigenvalue weighted by atomic mass is 16.5. The van der Waals surface area contributed by atoms with Crippen molar-refractivity contribution in [2.45, 2.75) is 33.8 Å². The van der Waals surface area contributed by atoms with Crippen molar-refractivity contribution in [1.82, 2.24) is 15.0 Å². The van der Waals surface area contributed by atoms with Gasteiger partial charge in [0.05, 0.1) is 11.5 Å². The van der Waals surface area contributed by atoms with Gasteiger partial charge in [0.25, 0.3) is 0 Å². The van der Waals surface area contributed by atoms with E-state index in [9.17, 15) is 4.79 Å². The molecule has 0 fully saturated rings. The van der Waals surface area contributed by atoms with Gasteiger partial charge < -0.3 is 15.8 Å². The third kappa shape index (κ3) is 4.50. The lowest BCUT2D eigenvalue weighted by molar-refractivity contribution is -0.125. The van der Waals surface area contributed by atoms with Gasteiger partial charge in [-0.15, -0.1) is 0 Å². The Morgan fingerprint density at radius 1 is 1.30 bits per heavy atom. The average Bonchev–Trinajstić information content (AvgIpc) is 2.35. The first kappa shape index (κ1) is 15.9. The molecule has 6 N–H and O–H groups in total. The fourth-order valence-electron chi connectivity index (χ4n) is 1.15. The SMILES string of the molecule is CC(C)Oc1nc(NN)nc(NCC(C)(C)C(N)=O)n1. The maximum absolute atomic E-state index is 11.2. The van der Waals surface area contributed by atoms with Crippen LogP contribution in [0.15, 0.2) is 0 Å². The van der Waals surface area contributed by atoms with Gasteiger partial charge in [-0.25, -0.2) is 5.84 Å². The van der Waals surface area contributed by atoms with E-state index in [1.54, 1.807) is 13.8 Å². The number of primary amides is 1. The van der Waals surface area contributed by atoms with Crippen LogP contribution in [0.1, 0.15) is 27.7 Å². The molecule has 0 aromatic carbocycles. The minimum atomic E-state index is -0.734. The van der Waals surface area contributed by atoms with Crippen LogP contribution in [-0.4, -0.2) is 33.5 Å². The zero-order chi connectivity index (χ0) is 15.3. The second kappa shape index (κ2) is 6.33. The minimum absolute atomic E-state index is 0.0852. The molecule has 0 aliphatic rings. The van der Waals surface area contributed by atoms with E-state index < -0.39 is 11.3 Å². The molecule has 0 bridgehead atoms. The average molecular weight is 283 g/mol. The van der Waals surface area contributed by atoms with Crippen molar-refractivity contribution < 1.29 is 9.53 Å². The van der Waals surface area contributed by atoms with Gasteiger partial charge in [-0.1, -0.05) is 0 Å². The summed E-state index contributed by atoms with van der Waals surface area (Å²) in [4.78, 5) is 23.3. The number of nitrogen functional groups attached to an aromatic ring is 1. The zero-order valence-corrected chi connectivity index (χ0v) is 12.1. The number of aromatic nitrogens is 3. The predicted octanol–water partition coefficient (Wildman–Crippen LogP) is -0.132. The second-order valence-corrected chi connectivity index (χ2v) is 5.18. The van der Waals surface area contributed by atoms with Crippen molar-refractivity contribution in [3.63, 3.8) is 0 Å². The molecule has 9 nitrogen and oxygen atoms in total. The van der Waals surface area contributed by atoms with Crippen molar-refractivity contribution in [3.05, 3.63) is 0 Å². The van der Waals surface area contributed by atoms with Crippen molar-refractivity contribution in [1.29, 1.82) is 0 Å². The highest BCUT2D eigenvalue weighted by Crippen LogP contribution is 2.16. The van der Waals surface area contributed by atoms with Crippen molar-refractivity contribution in [3.8, 4) is 6.01 Å². The number of ether oxygens (including phenoxy) is 1. The van der Waals surface area contributed by atoms with Crippen LogP contribution in [0, 0.1) is 5.41 Å². The van der Waals surface area contributed by atoms with E-state index in [1.807, 2.05) is 13.8 Å². The quantitative estimate of drug-likeness (QED) is 0.400. The molecular formula is C11H21N7O2. The van der Waals surface area contributed by atoms with Crippen molar-refractivity contribution in [2.24, 2.45) is 17.0 Å². The normalized spacial score (nSPS) is 11.3. The lowest BCUT2D eigenvalue weighted by Crippen LogP contribution is -2.37. The van der Waals surface area contributed by atoms with Gasteiger partial charge >= 0.3 is 6.01 Å². The van der Waals surface area contributed by atoms with Crippen LogP contribution >= 0.6 is 0 Å². The first-order valence-electron chi connectivity index (χ1n) is 6.17. The Hall–Kier alpha value is -2.16. The number of carbonyl (C=O) groups is 1. The number of hydrazine groups is 1. The van der Waals surface area contributed by atoms with E-state index in [0.29, 0.717) is 0 Å². The molecule has 0 atom stereocenters. The standard InChI is InChI=1S/C11H21N7O2/c1-6(2)20-10-16-8(15-9(17-10)18-13)14-5-11(3,4)7(12)19/h6H,5,13H2,1-4H3,(H2,12,19)(H2,14,15,16,17,18). The lowest BCUT2D eigenvalue weighted by atomic mass is 9.93. The fraction of sp³-hybridized carbons (Fsp3) is 0.636. The van der Waals surface area contributed by atoms with Crippen LogP contribution in [0.2, 0.25) is 0 Å². The number of nitrogens with zero attached hydrogens (tertiary/aromatic N) is 3. The largest absolute Gasteiger partial charge is 0.461 e. The van der Waals surface area contributed by atoms with E-state index >= 15 is 0 Å². The molecule has 20 heavy (non-hydrogen) atoms. The van der Waals surface area contributed by atoms with Gasteiger partial charge in [-0.05, 0) is 27.7 Å². The van der Waals surface area contributed by atoms with Crippen molar-refractivity contribution >= 4 is 17.8 Å². The summed E-state index contributed by atoms with van der Waals surface area (Å²) in [6, 6.07) is 0.141. The van der Waals surface area contributed by atoms with Gasteiger partial charge in [0, 0.05) is 6.54 Å². The Bertz CT molecular complexity index is 476. The number of nitrogens with two attached hydrogens (primary N) is 2. The monoisotopic (exact) mass is 283 g/mol. The van der Waals surface area contributed by atoms with Gasteiger partial charge in [0.1, 0.15) is 0 Å². The second-order valence-electron chi connectivity index (χ2n) is 5.18. The lowest BCUT2D eigenvalue weighted by Gasteiger charge is -2.20. The van der Waals surface area contributed by atoms with Gasteiger partial charge in [-0.2, -0.15) is 15.0 Å². The molecule has 1 amide bonds. The molecular weight excluding hydrogens is 262 g/mol. The first-order chi connectivity index (χ1) is 9.24. The van der Waals surface area contributed by atoms with Crippen LogP contribution < -0.4 is 27.1 Å². The van der Waals surface area contributed by atoms with Gasteiger partial charge in [0.2, 0.25) is 17.8 Å². The summed E-state index contributed by atoms with van der Waals surface area (Å²) in [5.41, 5.74) is 6.89. The Morgan fingerprint density at radius 2 is 1.90 bits per heavy atom. The van der Waals surface area contributed by atoms with E-state index in [-0.39, 0.29) is 30.6 Å². The van der Waals surface area contributed by atoms with E-state index in [2.05, 4.69) is 25.7 Å². The number of hydrogen-bond donors (Lipinski definition) is 4. The minimum Gasteiger partial charge on any atom is -0.461 e. The zero-order valence-electron chi connectivity index (χ0n) is 12.1. The molecule has 0 saturated heterocycles. The number of rotatable bonds is 7. The molecule has 0 saturated carbocycles. The van der Waals surface area contributed by atoms with Crippen LogP contribution in [0.25, 0.3) is 0 Å². The number of nitrogens with one attached hydrogen (secondary N) is 2. The summed E-state index contributed by atoms with van der Waals surface area (Å²) < 4.78 is 5.39. The molecule has 1 rings (SSSR count). The third-order valence-corrected chi connectivity index (χ3v) is 2.44. The molecule has 0 spiro atoms. The molecule has 0 unspecified atom stereocenters. The fourth-order valence-corrected chi connectivity index (χ4v) is 1.15. The molecule has 0 radical (unpaired) electrons. The highest BCUT2D eigenvalue weighted by molar-refractivity contribution is 5.80. The summed E-state index contributed by atoms with van der Waals surface area (Å²) >= 11 is 0. The first-order valence-corrected chi connectivity index (χ1v) is 6.17. The van der Waals surface area contributed by atoms with Gasteiger partial charge in [-0.3, -0.25) is 10.2 Å². The molecule has 9 heteroatoms. The molecule has 0 aliphatic carbocycles. The summed E-state index contributed by atoms with van der Waals surface area (Å²) in [5, 5.41) is 2.92. The molecule has 1 aromatic rings. The van der Waals surface area contributed by atoms with Gasteiger partial charge in [0.15, 0.2) is 0 Å². The summed E-state index contributed by atoms with van der Waals surface area (Å²) in [7, 11) is 0. The summed E-state index contributed by atoms with van der Waals surface area (Å²) in [6.07, 6.45) is -0.0852. The number of carbonyl (C=O) groups excluding carboxylic acids is 1.